The second-order valence-corrected chi connectivity index (χ2v) is 8.43. The van der Waals surface area contributed by atoms with Gasteiger partial charge in [0.05, 0.1) is 17.3 Å². The fourth-order valence-electron chi connectivity index (χ4n) is 4.06. The van der Waals surface area contributed by atoms with Crippen LogP contribution in [0.1, 0.15) is 58.9 Å². The molecule has 1 N–H and O–H groups in total. The molecule has 4 rings (SSSR count). The lowest BCUT2D eigenvalue weighted by Crippen LogP contribution is -2.31. The number of carboxylic acids is 1. The van der Waals surface area contributed by atoms with Crippen molar-refractivity contribution in [1.82, 2.24) is 9.97 Å². The van der Waals surface area contributed by atoms with E-state index in [4.69, 9.17) is 4.98 Å². The predicted molar refractivity (Wildman–Crippen MR) is 121 cm³/mol. The number of carbonyl (C=O) groups is 1. The third kappa shape index (κ3) is 4.54. The Labute approximate surface area is 184 Å². The number of hydrogen-bond acceptors (Lipinski definition) is 4. The number of carboxylic acid groups (broad SMARTS) is 1. The highest BCUT2D eigenvalue weighted by molar-refractivity contribution is 9.10. The van der Waals surface area contributed by atoms with Crippen molar-refractivity contribution in [3.63, 3.8) is 0 Å². The van der Waals surface area contributed by atoms with Crippen molar-refractivity contribution in [2.45, 2.75) is 38.1 Å². The molecule has 3 aromatic rings. The SMILES string of the molecule is O=C(O)c1cnc(N2CCCCCC2c2ccccc2Br)nc1Cc1ccccc1. The maximum Gasteiger partial charge on any atom is 0.339 e. The Morgan fingerprint density at radius 3 is 2.60 bits per heavy atom. The summed E-state index contributed by atoms with van der Waals surface area (Å²) in [7, 11) is 0. The zero-order chi connectivity index (χ0) is 20.9. The number of nitrogens with zero attached hydrogens (tertiary/aromatic N) is 3. The van der Waals surface area contributed by atoms with Crippen LogP contribution in [0.3, 0.4) is 0 Å². The molecule has 2 aromatic carbocycles. The van der Waals surface area contributed by atoms with E-state index in [1.54, 1.807) is 0 Å². The molecule has 0 spiro atoms. The Balaban J connectivity index is 1.74. The van der Waals surface area contributed by atoms with Crippen LogP contribution < -0.4 is 4.90 Å². The zero-order valence-electron chi connectivity index (χ0n) is 16.7. The van der Waals surface area contributed by atoms with Gasteiger partial charge in [0.2, 0.25) is 5.95 Å². The van der Waals surface area contributed by atoms with Crippen LogP contribution in [0.2, 0.25) is 0 Å². The molecule has 1 aliphatic rings. The second kappa shape index (κ2) is 9.39. The van der Waals surface area contributed by atoms with Crippen LogP contribution in [0, 0.1) is 0 Å². The molecule has 6 heteroatoms. The summed E-state index contributed by atoms with van der Waals surface area (Å²) in [6, 6.07) is 18.3. The molecule has 154 valence electrons. The van der Waals surface area contributed by atoms with Crippen LogP contribution in [0.15, 0.2) is 65.3 Å². The fraction of sp³-hybridized carbons (Fsp3) is 0.292. The van der Waals surface area contributed by atoms with Crippen molar-refractivity contribution in [3.05, 3.63) is 87.7 Å². The second-order valence-electron chi connectivity index (χ2n) is 7.58. The summed E-state index contributed by atoms with van der Waals surface area (Å²) in [6.07, 6.45) is 6.32. The van der Waals surface area contributed by atoms with Crippen molar-refractivity contribution < 1.29 is 9.90 Å². The first-order valence-corrected chi connectivity index (χ1v) is 11.1. The molecule has 1 saturated heterocycles. The molecule has 0 bridgehead atoms. The highest BCUT2D eigenvalue weighted by atomic mass is 79.9. The number of rotatable bonds is 5. The van der Waals surface area contributed by atoms with E-state index in [0.29, 0.717) is 18.1 Å². The van der Waals surface area contributed by atoms with E-state index >= 15 is 0 Å². The van der Waals surface area contributed by atoms with E-state index in [9.17, 15) is 9.90 Å². The van der Waals surface area contributed by atoms with Crippen LogP contribution in [0.4, 0.5) is 5.95 Å². The van der Waals surface area contributed by atoms with Crippen LogP contribution in [0.5, 0.6) is 0 Å². The molecule has 0 amide bonds. The van der Waals surface area contributed by atoms with Gasteiger partial charge in [0.1, 0.15) is 0 Å². The van der Waals surface area contributed by atoms with E-state index in [0.717, 1.165) is 35.8 Å². The van der Waals surface area contributed by atoms with Gasteiger partial charge in [-0.25, -0.2) is 14.8 Å². The summed E-state index contributed by atoms with van der Waals surface area (Å²) in [5.74, 6) is -0.390. The zero-order valence-corrected chi connectivity index (χ0v) is 18.3. The molecule has 1 atom stereocenters. The standard InChI is InChI=1S/C24H24BrN3O2/c25-20-12-7-6-11-18(20)22-13-5-2-8-14-28(22)24-26-16-19(23(29)30)21(27-24)15-17-9-3-1-4-10-17/h1,3-4,6-7,9-12,16,22H,2,5,8,13-15H2,(H,29,30). The molecule has 1 aromatic heterocycles. The van der Waals surface area contributed by atoms with Gasteiger partial charge in [0, 0.05) is 23.6 Å². The normalized spacial score (nSPS) is 16.8. The quantitative estimate of drug-likeness (QED) is 0.527. The van der Waals surface area contributed by atoms with Crippen LogP contribution in [0.25, 0.3) is 0 Å². The lowest BCUT2D eigenvalue weighted by atomic mass is 10.0. The van der Waals surface area contributed by atoms with Gasteiger partial charge in [-0.3, -0.25) is 0 Å². The van der Waals surface area contributed by atoms with Crippen molar-refractivity contribution in [3.8, 4) is 0 Å². The summed E-state index contributed by atoms with van der Waals surface area (Å²) in [5.41, 5.74) is 2.96. The molecule has 0 aliphatic carbocycles. The Hall–Kier alpha value is -2.73. The van der Waals surface area contributed by atoms with Gasteiger partial charge < -0.3 is 10.0 Å². The van der Waals surface area contributed by atoms with Crippen LogP contribution >= 0.6 is 15.9 Å². The monoisotopic (exact) mass is 465 g/mol. The van der Waals surface area contributed by atoms with E-state index < -0.39 is 5.97 Å². The Bertz CT molecular complexity index is 1030. The lowest BCUT2D eigenvalue weighted by molar-refractivity contribution is 0.0695. The van der Waals surface area contributed by atoms with Gasteiger partial charge in [-0.05, 0) is 30.0 Å². The number of anilines is 1. The Morgan fingerprint density at radius 1 is 1.07 bits per heavy atom. The topological polar surface area (TPSA) is 66.3 Å². The molecule has 2 heterocycles. The first-order chi connectivity index (χ1) is 14.6. The minimum Gasteiger partial charge on any atom is -0.478 e. The molecule has 5 nitrogen and oxygen atoms in total. The number of halogens is 1. The third-order valence-electron chi connectivity index (χ3n) is 5.57. The van der Waals surface area contributed by atoms with E-state index in [1.165, 1.54) is 18.2 Å². The highest BCUT2D eigenvalue weighted by Gasteiger charge is 2.27. The number of hydrogen-bond donors (Lipinski definition) is 1. The van der Waals surface area contributed by atoms with Gasteiger partial charge in [-0.2, -0.15) is 0 Å². The van der Waals surface area contributed by atoms with Crippen molar-refractivity contribution >= 4 is 27.8 Å². The lowest BCUT2D eigenvalue weighted by Gasteiger charge is -2.31. The average Bonchev–Trinajstić information content (AvgIpc) is 3.01. The maximum absolute atomic E-state index is 11.8. The summed E-state index contributed by atoms with van der Waals surface area (Å²) < 4.78 is 1.08. The molecule has 0 radical (unpaired) electrons. The Kier molecular flexibility index (Phi) is 6.43. The third-order valence-corrected chi connectivity index (χ3v) is 6.30. The summed E-state index contributed by atoms with van der Waals surface area (Å²) in [5, 5.41) is 9.66. The molecular weight excluding hydrogens is 442 g/mol. The van der Waals surface area contributed by atoms with Gasteiger partial charge in [0.25, 0.3) is 0 Å². The molecule has 1 aliphatic heterocycles. The molecular formula is C24H24BrN3O2. The van der Waals surface area contributed by atoms with Crippen LogP contribution in [-0.4, -0.2) is 27.6 Å². The van der Waals surface area contributed by atoms with Crippen molar-refractivity contribution in [2.75, 3.05) is 11.4 Å². The first kappa shape index (κ1) is 20.5. The van der Waals surface area contributed by atoms with Crippen molar-refractivity contribution in [2.24, 2.45) is 0 Å². The largest absolute Gasteiger partial charge is 0.478 e. The summed E-state index contributed by atoms with van der Waals surface area (Å²) >= 11 is 3.70. The fourth-order valence-corrected chi connectivity index (χ4v) is 4.61. The Morgan fingerprint density at radius 2 is 1.83 bits per heavy atom. The highest BCUT2D eigenvalue weighted by Crippen LogP contribution is 2.36. The van der Waals surface area contributed by atoms with Gasteiger partial charge in [0.15, 0.2) is 0 Å². The first-order valence-electron chi connectivity index (χ1n) is 10.3. The van der Waals surface area contributed by atoms with Gasteiger partial charge in [-0.1, -0.05) is 77.3 Å². The maximum atomic E-state index is 11.8. The number of aromatic nitrogens is 2. The minimum absolute atomic E-state index is 0.156. The average molecular weight is 466 g/mol. The predicted octanol–water partition coefficient (Wildman–Crippen LogP) is 5.65. The van der Waals surface area contributed by atoms with Crippen LogP contribution in [-0.2, 0) is 6.42 Å². The van der Waals surface area contributed by atoms with Gasteiger partial charge in [-0.15, -0.1) is 0 Å². The minimum atomic E-state index is -0.995. The van der Waals surface area contributed by atoms with E-state index in [-0.39, 0.29) is 11.6 Å². The van der Waals surface area contributed by atoms with Crippen molar-refractivity contribution in [1.29, 1.82) is 0 Å². The van der Waals surface area contributed by atoms with E-state index in [1.807, 2.05) is 36.4 Å². The smallest absolute Gasteiger partial charge is 0.339 e. The molecule has 0 saturated carbocycles. The number of benzene rings is 2. The van der Waals surface area contributed by atoms with E-state index in [2.05, 4.69) is 44.0 Å². The summed E-state index contributed by atoms with van der Waals surface area (Å²) in [4.78, 5) is 23.3. The molecule has 30 heavy (non-hydrogen) atoms. The van der Waals surface area contributed by atoms with Gasteiger partial charge >= 0.3 is 5.97 Å². The number of aromatic carboxylic acids is 1. The molecule has 1 unspecified atom stereocenters. The summed E-state index contributed by atoms with van der Waals surface area (Å²) in [6.45, 7) is 0.850. The molecule has 1 fully saturated rings.